The molecule has 0 aromatic heterocycles. The topological polar surface area (TPSA) is 57.2 Å². The SMILES string of the molecule is C[S+]([O-])CCS(=O)(=O)c1ccccc1. The zero-order chi connectivity index (χ0) is 10.6. The van der Waals surface area contributed by atoms with E-state index in [4.69, 9.17) is 0 Å². The van der Waals surface area contributed by atoms with Gasteiger partial charge in [-0.2, -0.15) is 0 Å². The molecule has 0 amide bonds. The zero-order valence-electron chi connectivity index (χ0n) is 7.84. The molecule has 0 saturated heterocycles. The average molecular weight is 232 g/mol. The molecule has 1 aromatic carbocycles. The van der Waals surface area contributed by atoms with E-state index in [1.54, 1.807) is 30.3 Å². The molecule has 0 heterocycles. The van der Waals surface area contributed by atoms with Crippen LogP contribution in [0, 0.1) is 0 Å². The standard InChI is InChI=1S/C9H12O3S2/c1-13(10)7-8-14(11,12)9-5-3-2-4-6-9/h2-6H,7-8H2,1H3. The largest absolute Gasteiger partial charge is 0.617 e. The summed E-state index contributed by atoms with van der Waals surface area (Å²) in [6.45, 7) is 0. The lowest BCUT2D eigenvalue weighted by Gasteiger charge is -2.05. The summed E-state index contributed by atoms with van der Waals surface area (Å²) >= 11 is -1.06. The van der Waals surface area contributed by atoms with Crippen LogP contribution < -0.4 is 0 Å². The van der Waals surface area contributed by atoms with Crippen LogP contribution in [0.15, 0.2) is 35.2 Å². The molecule has 1 unspecified atom stereocenters. The third-order valence-electron chi connectivity index (χ3n) is 1.74. The van der Waals surface area contributed by atoms with Gasteiger partial charge in [0.05, 0.1) is 16.9 Å². The van der Waals surface area contributed by atoms with Crippen molar-refractivity contribution in [2.45, 2.75) is 4.90 Å². The van der Waals surface area contributed by atoms with Gasteiger partial charge in [0.1, 0.15) is 5.75 Å². The summed E-state index contributed by atoms with van der Waals surface area (Å²) in [5, 5.41) is 0. The number of hydrogen-bond donors (Lipinski definition) is 0. The molecule has 0 radical (unpaired) electrons. The Morgan fingerprint density at radius 3 is 2.36 bits per heavy atom. The lowest BCUT2D eigenvalue weighted by Crippen LogP contribution is -2.16. The van der Waals surface area contributed by atoms with Crippen LogP contribution in [0.25, 0.3) is 0 Å². The van der Waals surface area contributed by atoms with Crippen molar-refractivity contribution < 1.29 is 13.0 Å². The third-order valence-corrected chi connectivity index (χ3v) is 4.51. The van der Waals surface area contributed by atoms with Gasteiger partial charge in [0, 0.05) is 0 Å². The summed E-state index contributed by atoms with van der Waals surface area (Å²) in [6.07, 6.45) is 1.50. The van der Waals surface area contributed by atoms with E-state index in [2.05, 4.69) is 0 Å². The monoisotopic (exact) mass is 232 g/mol. The summed E-state index contributed by atoms with van der Waals surface area (Å²) in [6, 6.07) is 8.21. The van der Waals surface area contributed by atoms with Crippen LogP contribution in [-0.4, -0.2) is 30.7 Å². The van der Waals surface area contributed by atoms with Gasteiger partial charge in [-0.15, -0.1) is 0 Å². The first-order valence-electron chi connectivity index (χ1n) is 4.10. The Kier molecular flexibility index (Phi) is 3.97. The van der Waals surface area contributed by atoms with E-state index in [1.165, 1.54) is 6.26 Å². The first-order valence-corrected chi connectivity index (χ1v) is 7.48. The molecule has 0 saturated carbocycles. The predicted octanol–water partition coefficient (Wildman–Crippen LogP) is 0.839. The van der Waals surface area contributed by atoms with Crippen molar-refractivity contribution in [3.8, 4) is 0 Å². The molecule has 0 N–H and O–H groups in total. The summed E-state index contributed by atoms with van der Waals surface area (Å²) < 4.78 is 34.0. The van der Waals surface area contributed by atoms with Crippen molar-refractivity contribution in [2.24, 2.45) is 0 Å². The molecule has 0 aliphatic carbocycles. The second-order valence-electron chi connectivity index (χ2n) is 2.91. The Balaban J connectivity index is 2.77. The molecule has 1 aromatic rings. The molecule has 3 nitrogen and oxygen atoms in total. The van der Waals surface area contributed by atoms with Gasteiger partial charge in [-0.05, 0) is 12.1 Å². The van der Waals surface area contributed by atoms with Gasteiger partial charge in [-0.3, -0.25) is 0 Å². The third kappa shape index (κ3) is 3.32. The number of benzene rings is 1. The van der Waals surface area contributed by atoms with Gasteiger partial charge < -0.3 is 4.55 Å². The normalized spacial score (nSPS) is 13.9. The highest BCUT2D eigenvalue weighted by molar-refractivity contribution is 7.94. The smallest absolute Gasteiger partial charge is 0.182 e. The molecular formula is C9H12O3S2. The first-order chi connectivity index (χ1) is 6.52. The predicted molar refractivity (Wildman–Crippen MR) is 57.4 cm³/mol. The minimum atomic E-state index is -3.25. The summed E-state index contributed by atoms with van der Waals surface area (Å²) in [5.41, 5.74) is 0. The maximum atomic E-state index is 11.6. The first kappa shape index (κ1) is 11.6. The van der Waals surface area contributed by atoms with Crippen molar-refractivity contribution in [1.82, 2.24) is 0 Å². The van der Waals surface area contributed by atoms with Crippen molar-refractivity contribution in [1.29, 1.82) is 0 Å². The van der Waals surface area contributed by atoms with Gasteiger partial charge in [0.2, 0.25) is 0 Å². The minimum absolute atomic E-state index is 0.0554. The lowest BCUT2D eigenvalue weighted by atomic mass is 10.4. The van der Waals surface area contributed by atoms with Crippen LogP contribution in [0.5, 0.6) is 0 Å². The van der Waals surface area contributed by atoms with E-state index in [-0.39, 0.29) is 11.5 Å². The summed E-state index contributed by atoms with van der Waals surface area (Å²) in [4.78, 5) is 0.297. The molecule has 1 atom stereocenters. The van der Waals surface area contributed by atoms with Gasteiger partial charge in [0.25, 0.3) is 0 Å². The van der Waals surface area contributed by atoms with E-state index < -0.39 is 21.0 Å². The Hall–Kier alpha value is -0.520. The highest BCUT2D eigenvalue weighted by Gasteiger charge is 2.15. The van der Waals surface area contributed by atoms with Crippen molar-refractivity contribution >= 4 is 21.0 Å². The molecule has 14 heavy (non-hydrogen) atoms. The number of rotatable bonds is 4. The van der Waals surface area contributed by atoms with Crippen LogP contribution >= 0.6 is 0 Å². The molecule has 1 rings (SSSR count). The van der Waals surface area contributed by atoms with Crippen molar-refractivity contribution in [3.63, 3.8) is 0 Å². The Bertz CT molecular complexity index is 370. The fourth-order valence-corrected chi connectivity index (χ4v) is 3.60. The quantitative estimate of drug-likeness (QED) is 0.723. The van der Waals surface area contributed by atoms with E-state index >= 15 is 0 Å². The molecule has 5 heteroatoms. The van der Waals surface area contributed by atoms with Crippen LogP contribution in [-0.2, 0) is 21.0 Å². The summed E-state index contributed by atoms with van der Waals surface area (Å²) in [7, 11) is -3.25. The van der Waals surface area contributed by atoms with E-state index in [9.17, 15) is 13.0 Å². The maximum Gasteiger partial charge on any atom is 0.182 e. The molecular weight excluding hydrogens is 220 g/mol. The zero-order valence-corrected chi connectivity index (χ0v) is 9.48. The van der Waals surface area contributed by atoms with Gasteiger partial charge in [-0.25, -0.2) is 8.42 Å². The van der Waals surface area contributed by atoms with Gasteiger partial charge >= 0.3 is 0 Å². The highest BCUT2D eigenvalue weighted by Crippen LogP contribution is 2.10. The number of hydrogen-bond acceptors (Lipinski definition) is 3. The molecule has 0 spiro atoms. The van der Waals surface area contributed by atoms with Crippen molar-refractivity contribution in [2.75, 3.05) is 17.8 Å². The highest BCUT2D eigenvalue weighted by atomic mass is 32.2. The van der Waals surface area contributed by atoms with Crippen LogP contribution in [0.1, 0.15) is 0 Å². The van der Waals surface area contributed by atoms with Gasteiger partial charge in [0.15, 0.2) is 9.84 Å². The van der Waals surface area contributed by atoms with Crippen LogP contribution in [0.2, 0.25) is 0 Å². The second-order valence-corrected chi connectivity index (χ2v) is 6.57. The molecule has 0 fully saturated rings. The molecule has 78 valence electrons. The molecule has 0 bridgehead atoms. The van der Waals surface area contributed by atoms with E-state index in [0.717, 1.165) is 0 Å². The Morgan fingerprint density at radius 2 is 1.86 bits per heavy atom. The molecule has 0 aliphatic heterocycles. The maximum absolute atomic E-state index is 11.6. The van der Waals surface area contributed by atoms with E-state index in [1.807, 2.05) is 0 Å². The average Bonchev–Trinajstić information content (AvgIpc) is 2.16. The van der Waals surface area contributed by atoms with Gasteiger partial charge in [-0.1, -0.05) is 29.4 Å². The minimum Gasteiger partial charge on any atom is -0.617 e. The molecule has 0 aliphatic rings. The lowest BCUT2D eigenvalue weighted by molar-refractivity contribution is 0.590. The van der Waals surface area contributed by atoms with Crippen LogP contribution in [0.4, 0.5) is 0 Å². The Morgan fingerprint density at radius 1 is 1.29 bits per heavy atom. The van der Waals surface area contributed by atoms with Crippen LogP contribution in [0.3, 0.4) is 0 Å². The fourth-order valence-electron chi connectivity index (χ4n) is 0.973. The van der Waals surface area contributed by atoms with Crippen molar-refractivity contribution in [3.05, 3.63) is 30.3 Å². The Labute approximate surface area is 87.2 Å². The van der Waals surface area contributed by atoms with E-state index in [0.29, 0.717) is 4.90 Å². The number of sulfone groups is 1. The second kappa shape index (κ2) is 4.82. The fraction of sp³-hybridized carbons (Fsp3) is 0.333. The summed E-state index contributed by atoms with van der Waals surface area (Å²) in [5.74, 6) is 0.136.